The molecule has 0 atom stereocenters. The summed E-state index contributed by atoms with van der Waals surface area (Å²) in [6, 6.07) is 21.6. The molecule has 0 bridgehead atoms. The van der Waals surface area contributed by atoms with E-state index in [4.69, 9.17) is 22.2 Å². The number of para-hydroxylation sites is 1. The molecule has 2 aromatic carbocycles. The maximum Gasteiger partial charge on any atom is 0.232 e. The van der Waals surface area contributed by atoms with E-state index >= 15 is 0 Å². The SMILES string of the molecule is S=C(NCc1ccc(N2CCCC2)cc1)Nc1nc(N2CCCC2)cc(N2CCN(c3ccccc3)CC2)n1. The van der Waals surface area contributed by atoms with Crippen molar-refractivity contribution in [2.24, 2.45) is 0 Å². The molecule has 2 N–H and O–H groups in total. The first-order chi connectivity index (χ1) is 19.2. The minimum atomic E-state index is 0.539. The molecule has 0 spiro atoms. The van der Waals surface area contributed by atoms with E-state index in [-0.39, 0.29) is 0 Å². The van der Waals surface area contributed by atoms with Crippen LogP contribution in [-0.2, 0) is 6.54 Å². The second-order valence-corrected chi connectivity index (χ2v) is 11.0. The van der Waals surface area contributed by atoms with Gasteiger partial charge in [-0.25, -0.2) is 0 Å². The van der Waals surface area contributed by atoms with Crippen molar-refractivity contribution in [1.82, 2.24) is 15.3 Å². The van der Waals surface area contributed by atoms with E-state index in [9.17, 15) is 0 Å². The van der Waals surface area contributed by atoms with Gasteiger partial charge in [0.2, 0.25) is 5.95 Å². The molecule has 1 aromatic heterocycles. The third kappa shape index (κ3) is 6.36. The highest BCUT2D eigenvalue weighted by Gasteiger charge is 2.22. The van der Waals surface area contributed by atoms with E-state index in [1.165, 1.54) is 42.6 Å². The van der Waals surface area contributed by atoms with Crippen LogP contribution in [-0.4, -0.2) is 67.4 Å². The van der Waals surface area contributed by atoms with Crippen molar-refractivity contribution in [2.75, 3.05) is 77.3 Å². The summed E-state index contributed by atoms with van der Waals surface area (Å²) in [4.78, 5) is 19.4. The minimum absolute atomic E-state index is 0.539. The van der Waals surface area contributed by atoms with Crippen LogP contribution in [0, 0.1) is 0 Å². The number of anilines is 5. The Kier molecular flexibility index (Phi) is 7.95. The van der Waals surface area contributed by atoms with Gasteiger partial charge in [-0.3, -0.25) is 0 Å². The lowest BCUT2D eigenvalue weighted by atomic mass is 10.2. The third-order valence-corrected chi connectivity index (χ3v) is 8.19. The topological polar surface area (TPSA) is 62.8 Å². The second-order valence-electron chi connectivity index (χ2n) is 10.6. The van der Waals surface area contributed by atoms with Crippen LogP contribution in [0.2, 0.25) is 0 Å². The monoisotopic (exact) mass is 542 g/mol. The number of nitrogens with zero attached hydrogens (tertiary/aromatic N) is 6. The van der Waals surface area contributed by atoms with Crippen molar-refractivity contribution in [3.8, 4) is 0 Å². The van der Waals surface area contributed by atoms with Crippen LogP contribution in [0.5, 0.6) is 0 Å². The zero-order valence-electron chi connectivity index (χ0n) is 22.6. The quantitative estimate of drug-likeness (QED) is 0.421. The molecule has 0 amide bonds. The summed E-state index contributed by atoms with van der Waals surface area (Å²) < 4.78 is 0. The van der Waals surface area contributed by atoms with Gasteiger partial charge in [-0.05, 0) is 67.7 Å². The van der Waals surface area contributed by atoms with Crippen LogP contribution < -0.4 is 30.2 Å². The zero-order chi connectivity index (χ0) is 26.4. The fourth-order valence-electron chi connectivity index (χ4n) is 5.71. The first-order valence-electron chi connectivity index (χ1n) is 14.3. The van der Waals surface area contributed by atoms with Crippen molar-refractivity contribution < 1.29 is 0 Å². The summed E-state index contributed by atoms with van der Waals surface area (Å²) in [7, 11) is 0. The van der Waals surface area contributed by atoms with Gasteiger partial charge in [0.25, 0.3) is 0 Å². The first-order valence-corrected chi connectivity index (χ1v) is 14.7. The van der Waals surface area contributed by atoms with Gasteiger partial charge in [0.15, 0.2) is 5.11 Å². The molecule has 9 heteroatoms. The Hall–Kier alpha value is -3.59. The molecule has 39 heavy (non-hydrogen) atoms. The van der Waals surface area contributed by atoms with Crippen LogP contribution in [0.25, 0.3) is 0 Å². The molecule has 0 saturated carbocycles. The number of thiocarbonyl (C=S) groups is 1. The predicted molar refractivity (Wildman–Crippen MR) is 165 cm³/mol. The molecule has 3 aliphatic heterocycles. The molecule has 0 unspecified atom stereocenters. The predicted octanol–water partition coefficient (Wildman–Crippen LogP) is 4.49. The number of piperazine rings is 1. The number of benzene rings is 2. The Bertz CT molecular complexity index is 1230. The highest BCUT2D eigenvalue weighted by atomic mass is 32.1. The fourth-order valence-corrected chi connectivity index (χ4v) is 5.87. The number of hydrogen-bond acceptors (Lipinski definition) is 7. The molecular weight excluding hydrogens is 504 g/mol. The number of rotatable bonds is 7. The normalized spacial score (nSPS) is 17.5. The van der Waals surface area contributed by atoms with Crippen LogP contribution in [0.15, 0.2) is 60.7 Å². The molecular formula is C30H38N8S. The highest BCUT2D eigenvalue weighted by Crippen LogP contribution is 2.26. The van der Waals surface area contributed by atoms with E-state index in [0.717, 1.165) is 64.0 Å². The lowest BCUT2D eigenvalue weighted by Gasteiger charge is -2.37. The second kappa shape index (κ2) is 12.1. The first kappa shape index (κ1) is 25.7. The third-order valence-electron chi connectivity index (χ3n) is 7.94. The van der Waals surface area contributed by atoms with Crippen molar-refractivity contribution in [3.05, 3.63) is 66.2 Å². The molecule has 3 saturated heterocycles. The van der Waals surface area contributed by atoms with Crippen LogP contribution in [0.4, 0.5) is 29.0 Å². The van der Waals surface area contributed by atoms with Gasteiger partial charge in [-0.2, -0.15) is 9.97 Å². The van der Waals surface area contributed by atoms with Gasteiger partial charge >= 0.3 is 0 Å². The van der Waals surface area contributed by atoms with Crippen molar-refractivity contribution in [1.29, 1.82) is 0 Å². The maximum atomic E-state index is 5.65. The smallest absolute Gasteiger partial charge is 0.232 e. The number of hydrogen-bond donors (Lipinski definition) is 2. The molecule has 204 valence electrons. The number of nitrogens with one attached hydrogen (secondary N) is 2. The zero-order valence-corrected chi connectivity index (χ0v) is 23.4. The molecule has 4 heterocycles. The van der Waals surface area contributed by atoms with Crippen molar-refractivity contribution >= 4 is 46.3 Å². The van der Waals surface area contributed by atoms with E-state index in [0.29, 0.717) is 17.6 Å². The Morgan fingerprint density at radius 2 is 1.15 bits per heavy atom. The van der Waals surface area contributed by atoms with E-state index < -0.39 is 0 Å². The largest absolute Gasteiger partial charge is 0.372 e. The molecule has 3 aromatic rings. The van der Waals surface area contributed by atoms with Gasteiger partial charge in [-0.1, -0.05) is 30.3 Å². The molecule has 6 rings (SSSR count). The van der Waals surface area contributed by atoms with Gasteiger partial charge in [0.1, 0.15) is 11.6 Å². The van der Waals surface area contributed by atoms with Gasteiger partial charge < -0.3 is 30.2 Å². The number of aromatic nitrogens is 2. The van der Waals surface area contributed by atoms with E-state index in [1.807, 2.05) is 0 Å². The molecule has 3 aliphatic rings. The summed E-state index contributed by atoms with van der Waals surface area (Å²) in [6.07, 6.45) is 4.98. The minimum Gasteiger partial charge on any atom is -0.372 e. The summed E-state index contributed by atoms with van der Waals surface area (Å²) in [5, 5.41) is 7.15. The van der Waals surface area contributed by atoms with Gasteiger partial charge in [-0.15, -0.1) is 0 Å². The summed E-state index contributed by atoms with van der Waals surface area (Å²) in [6.45, 7) is 8.81. The lowest BCUT2D eigenvalue weighted by Crippen LogP contribution is -2.47. The van der Waals surface area contributed by atoms with Crippen molar-refractivity contribution in [2.45, 2.75) is 32.2 Å². The standard InChI is InChI=1S/C30H38N8S/c39-30(31-23-24-10-12-26(13-11-24)35-14-4-5-15-35)34-29-32-27(37-16-6-7-17-37)22-28(33-29)38-20-18-36(19-21-38)25-8-2-1-3-9-25/h1-3,8-13,22H,4-7,14-21,23H2,(H2,31,32,33,34,39). The Balaban J connectivity index is 1.10. The van der Waals surface area contributed by atoms with Crippen LogP contribution in [0.3, 0.4) is 0 Å². The van der Waals surface area contributed by atoms with Crippen LogP contribution >= 0.6 is 12.2 Å². The molecule has 0 aliphatic carbocycles. The molecule has 3 fully saturated rings. The average molecular weight is 543 g/mol. The fraction of sp³-hybridized carbons (Fsp3) is 0.433. The van der Waals surface area contributed by atoms with Crippen LogP contribution in [0.1, 0.15) is 31.2 Å². The summed E-state index contributed by atoms with van der Waals surface area (Å²) in [5.74, 6) is 2.50. The average Bonchev–Trinajstić information content (AvgIpc) is 3.72. The molecule has 8 nitrogen and oxygen atoms in total. The Morgan fingerprint density at radius 3 is 1.79 bits per heavy atom. The summed E-state index contributed by atoms with van der Waals surface area (Å²) >= 11 is 5.65. The Morgan fingerprint density at radius 1 is 0.641 bits per heavy atom. The molecule has 0 radical (unpaired) electrons. The summed E-state index contributed by atoms with van der Waals surface area (Å²) in [5.41, 5.74) is 3.79. The highest BCUT2D eigenvalue weighted by molar-refractivity contribution is 7.80. The van der Waals surface area contributed by atoms with E-state index in [1.54, 1.807) is 0 Å². The van der Waals surface area contributed by atoms with Crippen molar-refractivity contribution in [3.63, 3.8) is 0 Å². The van der Waals surface area contributed by atoms with Gasteiger partial charge in [0, 0.05) is 76.3 Å². The lowest BCUT2D eigenvalue weighted by molar-refractivity contribution is 0.647. The maximum absolute atomic E-state index is 5.65. The Labute approximate surface area is 237 Å². The van der Waals surface area contributed by atoms with E-state index in [2.05, 4.69) is 90.9 Å². The van der Waals surface area contributed by atoms with Gasteiger partial charge in [0.05, 0.1) is 0 Å².